The molecule has 0 aromatic heterocycles. The second kappa shape index (κ2) is 7.20. The molecule has 0 saturated carbocycles. The Kier molecular flexibility index (Phi) is 5.04. The molecule has 0 radical (unpaired) electrons. The van der Waals surface area contributed by atoms with Crippen molar-refractivity contribution in [3.63, 3.8) is 0 Å². The first-order valence-electron chi connectivity index (χ1n) is 8.08. The van der Waals surface area contributed by atoms with Crippen LogP contribution in [0.4, 0.5) is 0 Å². The normalized spacial score (nSPS) is 12.8. The largest absolute Gasteiger partial charge is 0.176 e. The van der Waals surface area contributed by atoms with Crippen molar-refractivity contribution in [2.45, 2.75) is 18.2 Å². The number of benzene rings is 3. The average Bonchev–Trinajstić information content (AvgIpc) is 2.62. The van der Waals surface area contributed by atoms with Crippen molar-refractivity contribution >= 4 is 36.3 Å². The summed E-state index contributed by atoms with van der Waals surface area (Å²) < 4.78 is 0. The minimum atomic E-state index is -2.06. The van der Waals surface area contributed by atoms with E-state index in [4.69, 9.17) is 12.6 Å². The minimum Gasteiger partial charge on any atom is -0.176 e. The third-order valence-electron chi connectivity index (χ3n) is 4.40. The van der Waals surface area contributed by atoms with Crippen LogP contribution in [0.5, 0.6) is 0 Å². The number of hydrogen-bond acceptors (Lipinski definition) is 1. The Labute approximate surface area is 145 Å². The van der Waals surface area contributed by atoms with Gasteiger partial charge in [0.05, 0.1) is 0 Å². The quantitative estimate of drug-likeness (QED) is 0.412. The Hall–Kier alpha value is -1.77. The molecule has 116 valence electrons. The zero-order valence-corrected chi connectivity index (χ0v) is 15.3. The maximum atomic E-state index is 4.78. The minimum absolute atomic E-state index is 0.349. The molecule has 1 unspecified atom stereocenters. The van der Waals surface area contributed by atoms with E-state index < -0.39 is 8.07 Å². The summed E-state index contributed by atoms with van der Waals surface area (Å²) in [6.07, 6.45) is 0. The molecule has 0 aliphatic rings. The summed E-state index contributed by atoms with van der Waals surface area (Å²) in [5.74, 6) is 0. The van der Waals surface area contributed by atoms with Crippen LogP contribution in [0, 0.1) is 0 Å². The van der Waals surface area contributed by atoms with Crippen LogP contribution in [-0.2, 0) is 0 Å². The molecule has 3 aromatic rings. The third-order valence-corrected chi connectivity index (χ3v) is 10.1. The first-order valence-corrected chi connectivity index (χ1v) is 10.8. The van der Waals surface area contributed by atoms with Crippen LogP contribution in [0.25, 0.3) is 0 Å². The van der Waals surface area contributed by atoms with Gasteiger partial charge < -0.3 is 0 Å². The van der Waals surface area contributed by atoms with Gasteiger partial charge in [0, 0.05) is 0 Å². The molecular weight excluding hydrogens is 312 g/mol. The lowest BCUT2D eigenvalue weighted by Crippen LogP contribution is -2.67. The highest BCUT2D eigenvalue weighted by atomic mass is 32.1. The highest BCUT2D eigenvalue weighted by Crippen LogP contribution is 2.17. The van der Waals surface area contributed by atoms with Crippen LogP contribution >= 0.6 is 12.6 Å². The van der Waals surface area contributed by atoms with E-state index in [0.29, 0.717) is 5.25 Å². The monoisotopic (exact) mass is 334 g/mol. The average molecular weight is 335 g/mol. The lowest BCUT2D eigenvalue weighted by molar-refractivity contribution is 1.10. The summed E-state index contributed by atoms with van der Waals surface area (Å²) >= 11 is 4.78. The Morgan fingerprint density at radius 3 is 1.22 bits per heavy atom. The molecule has 3 rings (SSSR count). The van der Waals surface area contributed by atoms with Crippen LogP contribution in [0.15, 0.2) is 91.0 Å². The van der Waals surface area contributed by atoms with Crippen molar-refractivity contribution in [2.24, 2.45) is 0 Å². The SMILES string of the molecule is CC(S)C[Si](c1ccccc1)(c1ccccc1)c1ccccc1. The first kappa shape index (κ1) is 16.1. The highest BCUT2D eigenvalue weighted by molar-refractivity contribution is 7.81. The molecule has 3 aromatic carbocycles. The van der Waals surface area contributed by atoms with Crippen molar-refractivity contribution in [3.05, 3.63) is 91.0 Å². The molecule has 23 heavy (non-hydrogen) atoms. The Morgan fingerprint density at radius 2 is 0.957 bits per heavy atom. The maximum Gasteiger partial charge on any atom is 0.149 e. The molecule has 0 saturated heterocycles. The zero-order chi connectivity index (χ0) is 16.1. The second-order valence-electron chi connectivity index (χ2n) is 6.06. The standard InChI is InChI=1S/C21H22SSi/c1-18(22)17-23(19-11-5-2-6-12-19,20-13-7-3-8-14-20)21-15-9-4-10-16-21/h2-16,18,22H,17H2,1H3. The van der Waals surface area contributed by atoms with Crippen molar-refractivity contribution in [1.29, 1.82) is 0 Å². The predicted molar refractivity (Wildman–Crippen MR) is 107 cm³/mol. The van der Waals surface area contributed by atoms with E-state index in [1.165, 1.54) is 15.6 Å². The predicted octanol–water partition coefficient (Wildman–Crippen LogP) is 3.48. The van der Waals surface area contributed by atoms with E-state index >= 15 is 0 Å². The molecule has 0 aliphatic heterocycles. The van der Waals surface area contributed by atoms with Crippen LogP contribution in [0.1, 0.15) is 6.92 Å². The van der Waals surface area contributed by atoms with Gasteiger partial charge in [-0.05, 0) is 26.9 Å². The van der Waals surface area contributed by atoms with E-state index in [9.17, 15) is 0 Å². The third kappa shape index (κ3) is 3.29. The van der Waals surface area contributed by atoms with E-state index in [1.54, 1.807) is 0 Å². The fraction of sp³-hybridized carbons (Fsp3) is 0.143. The topological polar surface area (TPSA) is 0 Å². The van der Waals surface area contributed by atoms with Crippen LogP contribution in [0.3, 0.4) is 0 Å². The lowest BCUT2D eigenvalue weighted by Gasteiger charge is -2.35. The summed E-state index contributed by atoms with van der Waals surface area (Å²) in [6.45, 7) is 2.21. The van der Waals surface area contributed by atoms with Gasteiger partial charge in [0.25, 0.3) is 0 Å². The maximum absolute atomic E-state index is 4.78. The van der Waals surface area contributed by atoms with Crippen molar-refractivity contribution in [3.8, 4) is 0 Å². The smallest absolute Gasteiger partial charge is 0.149 e. The number of hydrogen-bond donors (Lipinski definition) is 1. The number of rotatable bonds is 5. The van der Waals surface area contributed by atoms with Gasteiger partial charge in [-0.1, -0.05) is 97.9 Å². The van der Waals surface area contributed by atoms with Gasteiger partial charge in [-0.2, -0.15) is 12.6 Å². The summed E-state index contributed by atoms with van der Waals surface area (Å²) in [5.41, 5.74) is 0. The van der Waals surface area contributed by atoms with E-state index in [1.807, 2.05) is 0 Å². The van der Waals surface area contributed by atoms with Crippen LogP contribution in [0.2, 0.25) is 6.04 Å². The van der Waals surface area contributed by atoms with E-state index in [2.05, 4.69) is 97.9 Å². The van der Waals surface area contributed by atoms with Gasteiger partial charge >= 0.3 is 0 Å². The Balaban J connectivity index is 2.30. The van der Waals surface area contributed by atoms with Gasteiger partial charge in [0.1, 0.15) is 8.07 Å². The summed E-state index contributed by atoms with van der Waals surface area (Å²) in [7, 11) is -2.06. The molecule has 0 spiro atoms. The molecule has 0 bridgehead atoms. The van der Waals surface area contributed by atoms with Crippen molar-refractivity contribution < 1.29 is 0 Å². The first-order chi connectivity index (χ1) is 11.2. The van der Waals surface area contributed by atoms with Gasteiger partial charge in [-0.25, -0.2) is 0 Å². The summed E-state index contributed by atoms with van der Waals surface area (Å²) in [4.78, 5) is 0. The molecule has 0 aliphatic carbocycles. The molecule has 2 heteroatoms. The van der Waals surface area contributed by atoms with E-state index in [-0.39, 0.29) is 0 Å². The summed E-state index contributed by atoms with van der Waals surface area (Å²) in [6, 6.07) is 34.1. The molecule has 1 atom stereocenters. The second-order valence-corrected chi connectivity index (χ2v) is 10.9. The fourth-order valence-corrected chi connectivity index (χ4v) is 9.16. The molecule has 0 fully saturated rings. The molecule has 0 heterocycles. The van der Waals surface area contributed by atoms with Gasteiger partial charge in [-0.3, -0.25) is 0 Å². The Bertz CT molecular complexity index is 627. The molecule has 0 amide bonds. The highest BCUT2D eigenvalue weighted by Gasteiger charge is 2.39. The van der Waals surface area contributed by atoms with Crippen molar-refractivity contribution in [2.75, 3.05) is 0 Å². The van der Waals surface area contributed by atoms with Gasteiger partial charge in [-0.15, -0.1) is 0 Å². The molecule has 0 nitrogen and oxygen atoms in total. The van der Waals surface area contributed by atoms with Crippen molar-refractivity contribution in [1.82, 2.24) is 0 Å². The van der Waals surface area contributed by atoms with Crippen LogP contribution in [-0.4, -0.2) is 13.3 Å². The van der Waals surface area contributed by atoms with E-state index in [0.717, 1.165) is 6.04 Å². The Morgan fingerprint density at radius 1 is 0.652 bits per heavy atom. The van der Waals surface area contributed by atoms with Gasteiger partial charge in [0.2, 0.25) is 0 Å². The molecular formula is C21H22SSi. The lowest BCUT2D eigenvalue weighted by atomic mass is 10.3. The zero-order valence-electron chi connectivity index (χ0n) is 13.4. The number of thiol groups is 1. The fourth-order valence-electron chi connectivity index (χ4n) is 3.46. The van der Waals surface area contributed by atoms with Crippen LogP contribution < -0.4 is 15.6 Å². The van der Waals surface area contributed by atoms with Gasteiger partial charge in [0.15, 0.2) is 0 Å². The molecule has 0 N–H and O–H groups in total. The summed E-state index contributed by atoms with van der Waals surface area (Å²) in [5, 5.41) is 4.72.